The standard InChI is InChI=1S/C21H20F3N5O2S/c22-21(23,24)14-2-1-13-9-17(26-16(13)10-14)19(30)29-11-15(12-29)27-4-6-28(7-5-27)20(31)18-25-3-8-32-18/h1-3,8-10,15,26H,4-7,11-12H2. The highest BCUT2D eigenvalue weighted by Gasteiger charge is 2.38. The molecule has 2 amide bonds. The summed E-state index contributed by atoms with van der Waals surface area (Å²) in [5.74, 6) is -0.263. The number of carbonyl (C=O) groups is 2. The zero-order valence-electron chi connectivity index (χ0n) is 16.9. The van der Waals surface area contributed by atoms with Gasteiger partial charge < -0.3 is 14.8 Å². The molecule has 0 spiro atoms. The second-order valence-electron chi connectivity index (χ2n) is 8.01. The fourth-order valence-corrected chi connectivity index (χ4v) is 4.80. The Hall–Kier alpha value is -2.92. The lowest BCUT2D eigenvalue weighted by Crippen LogP contribution is -2.64. The quantitative estimate of drug-likeness (QED) is 0.649. The van der Waals surface area contributed by atoms with Crippen LogP contribution in [0.15, 0.2) is 35.8 Å². The van der Waals surface area contributed by atoms with E-state index in [1.165, 1.54) is 17.4 Å². The van der Waals surface area contributed by atoms with E-state index in [-0.39, 0.29) is 23.6 Å². The molecule has 3 aromatic rings. The number of fused-ring (bicyclic) bond motifs is 1. The van der Waals surface area contributed by atoms with Crippen LogP contribution in [0.25, 0.3) is 10.9 Å². The first-order valence-electron chi connectivity index (χ1n) is 10.2. The van der Waals surface area contributed by atoms with Crippen molar-refractivity contribution in [3.05, 3.63) is 52.1 Å². The fraction of sp³-hybridized carbons (Fsp3) is 0.381. The van der Waals surface area contributed by atoms with Gasteiger partial charge in [-0.05, 0) is 18.2 Å². The topological polar surface area (TPSA) is 72.5 Å². The lowest BCUT2D eigenvalue weighted by atomic mass is 10.1. The van der Waals surface area contributed by atoms with Crippen molar-refractivity contribution in [2.45, 2.75) is 12.2 Å². The highest BCUT2D eigenvalue weighted by atomic mass is 32.1. The van der Waals surface area contributed by atoms with E-state index >= 15 is 0 Å². The van der Waals surface area contributed by atoms with Gasteiger partial charge in [-0.3, -0.25) is 14.5 Å². The molecule has 0 bridgehead atoms. The van der Waals surface area contributed by atoms with Gasteiger partial charge in [-0.2, -0.15) is 13.2 Å². The Morgan fingerprint density at radius 3 is 2.44 bits per heavy atom. The molecule has 0 atom stereocenters. The van der Waals surface area contributed by atoms with E-state index in [4.69, 9.17) is 0 Å². The molecule has 11 heteroatoms. The summed E-state index contributed by atoms with van der Waals surface area (Å²) in [5.41, 5.74) is -0.166. The number of alkyl halides is 3. The summed E-state index contributed by atoms with van der Waals surface area (Å²) in [6.07, 6.45) is -2.81. The minimum absolute atomic E-state index is 0.0439. The van der Waals surface area contributed by atoms with E-state index in [1.54, 1.807) is 27.4 Å². The lowest BCUT2D eigenvalue weighted by Gasteiger charge is -2.47. The number of hydrogen-bond acceptors (Lipinski definition) is 5. The van der Waals surface area contributed by atoms with Crippen molar-refractivity contribution < 1.29 is 22.8 Å². The Balaban J connectivity index is 1.16. The van der Waals surface area contributed by atoms with Crippen LogP contribution in [0.4, 0.5) is 13.2 Å². The van der Waals surface area contributed by atoms with E-state index < -0.39 is 11.7 Å². The molecular weight excluding hydrogens is 443 g/mol. The predicted octanol–water partition coefficient (Wildman–Crippen LogP) is 2.93. The summed E-state index contributed by atoms with van der Waals surface area (Å²) >= 11 is 1.33. The summed E-state index contributed by atoms with van der Waals surface area (Å²) in [7, 11) is 0. The van der Waals surface area contributed by atoms with Gasteiger partial charge in [0.05, 0.1) is 5.56 Å². The Morgan fingerprint density at radius 2 is 1.78 bits per heavy atom. The minimum atomic E-state index is -4.43. The van der Waals surface area contributed by atoms with Gasteiger partial charge in [-0.25, -0.2) is 4.98 Å². The lowest BCUT2D eigenvalue weighted by molar-refractivity contribution is -0.137. The molecule has 0 aliphatic carbocycles. The Kier molecular flexibility index (Phi) is 5.17. The molecular formula is C21H20F3N5O2S. The second kappa shape index (κ2) is 7.89. The molecule has 0 unspecified atom stereocenters. The van der Waals surface area contributed by atoms with Crippen LogP contribution in [0.2, 0.25) is 0 Å². The Morgan fingerprint density at radius 1 is 1.03 bits per heavy atom. The van der Waals surface area contributed by atoms with Crippen molar-refractivity contribution in [1.29, 1.82) is 0 Å². The van der Waals surface area contributed by atoms with Crippen molar-refractivity contribution in [2.24, 2.45) is 0 Å². The molecule has 2 fully saturated rings. The monoisotopic (exact) mass is 463 g/mol. The zero-order valence-corrected chi connectivity index (χ0v) is 17.7. The molecule has 0 saturated carbocycles. The van der Waals surface area contributed by atoms with Gasteiger partial charge in [0.15, 0.2) is 5.01 Å². The number of thiazole rings is 1. The molecule has 5 rings (SSSR count). The third-order valence-electron chi connectivity index (χ3n) is 6.06. The van der Waals surface area contributed by atoms with Gasteiger partial charge in [0.2, 0.25) is 0 Å². The number of aromatic nitrogens is 2. The van der Waals surface area contributed by atoms with Crippen LogP contribution in [0.3, 0.4) is 0 Å². The first-order valence-corrected chi connectivity index (χ1v) is 11.1. The van der Waals surface area contributed by atoms with Gasteiger partial charge in [0, 0.05) is 67.8 Å². The van der Waals surface area contributed by atoms with E-state index in [0.717, 1.165) is 25.2 Å². The normalized spacial score (nSPS) is 18.2. The molecule has 1 aromatic carbocycles. The Bertz CT molecular complexity index is 1150. The number of aromatic amines is 1. The summed E-state index contributed by atoms with van der Waals surface area (Å²) < 4.78 is 38.7. The number of benzene rings is 1. The smallest absolute Gasteiger partial charge is 0.351 e. The summed E-state index contributed by atoms with van der Waals surface area (Å²) in [5, 5.41) is 2.85. The van der Waals surface area contributed by atoms with Gasteiger partial charge in [-0.1, -0.05) is 6.07 Å². The largest absolute Gasteiger partial charge is 0.416 e. The Labute approximate surface area is 185 Å². The molecule has 4 heterocycles. The van der Waals surface area contributed by atoms with Crippen molar-refractivity contribution in [3.63, 3.8) is 0 Å². The van der Waals surface area contributed by atoms with Crippen LogP contribution < -0.4 is 0 Å². The number of H-pyrrole nitrogens is 1. The summed E-state index contributed by atoms with van der Waals surface area (Å²) in [4.78, 5) is 37.8. The highest BCUT2D eigenvalue weighted by Crippen LogP contribution is 2.32. The molecule has 2 aliphatic heterocycles. The van der Waals surface area contributed by atoms with Gasteiger partial charge in [0.25, 0.3) is 11.8 Å². The van der Waals surface area contributed by atoms with Crippen molar-refractivity contribution >= 4 is 34.1 Å². The summed E-state index contributed by atoms with van der Waals surface area (Å²) in [6.45, 7) is 3.82. The SMILES string of the molecule is O=C(c1cc2ccc(C(F)(F)F)cc2[nH]1)N1CC(N2CCN(C(=O)c3nccs3)CC2)C1. The number of amides is 2. The van der Waals surface area contributed by atoms with Gasteiger partial charge >= 0.3 is 6.18 Å². The van der Waals surface area contributed by atoms with E-state index in [2.05, 4.69) is 14.9 Å². The number of hydrogen-bond donors (Lipinski definition) is 1. The number of likely N-dealkylation sites (tertiary alicyclic amines) is 1. The number of carbonyl (C=O) groups excluding carboxylic acids is 2. The first-order chi connectivity index (χ1) is 15.3. The molecule has 0 radical (unpaired) electrons. The molecule has 2 aliphatic rings. The van der Waals surface area contributed by atoms with Gasteiger partial charge in [-0.15, -0.1) is 11.3 Å². The number of rotatable bonds is 3. The van der Waals surface area contributed by atoms with E-state index in [0.29, 0.717) is 42.1 Å². The first kappa shape index (κ1) is 21.0. The molecule has 168 valence electrons. The van der Waals surface area contributed by atoms with E-state index in [1.807, 2.05) is 0 Å². The molecule has 2 saturated heterocycles. The number of piperazine rings is 1. The third kappa shape index (κ3) is 3.86. The van der Waals surface area contributed by atoms with Crippen LogP contribution in [0.5, 0.6) is 0 Å². The minimum Gasteiger partial charge on any atom is -0.351 e. The maximum atomic E-state index is 12.9. The average molecular weight is 463 g/mol. The molecule has 2 aromatic heterocycles. The van der Waals surface area contributed by atoms with Crippen LogP contribution in [0, 0.1) is 0 Å². The third-order valence-corrected chi connectivity index (χ3v) is 6.82. The number of halogens is 3. The summed E-state index contributed by atoms with van der Waals surface area (Å²) in [6, 6.07) is 5.23. The van der Waals surface area contributed by atoms with Crippen molar-refractivity contribution in [3.8, 4) is 0 Å². The fourth-order valence-electron chi connectivity index (χ4n) is 4.20. The molecule has 32 heavy (non-hydrogen) atoms. The van der Waals surface area contributed by atoms with E-state index in [9.17, 15) is 22.8 Å². The highest BCUT2D eigenvalue weighted by molar-refractivity contribution is 7.11. The average Bonchev–Trinajstić information content (AvgIpc) is 3.41. The maximum absolute atomic E-state index is 12.9. The maximum Gasteiger partial charge on any atom is 0.416 e. The number of nitrogens with one attached hydrogen (secondary N) is 1. The predicted molar refractivity (Wildman–Crippen MR) is 113 cm³/mol. The zero-order chi connectivity index (χ0) is 22.5. The molecule has 1 N–H and O–H groups in total. The second-order valence-corrected chi connectivity index (χ2v) is 8.91. The van der Waals surface area contributed by atoms with Crippen LogP contribution in [0.1, 0.15) is 25.9 Å². The van der Waals surface area contributed by atoms with Crippen molar-refractivity contribution in [1.82, 2.24) is 24.7 Å². The van der Waals surface area contributed by atoms with Crippen molar-refractivity contribution in [2.75, 3.05) is 39.3 Å². The molecule has 7 nitrogen and oxygen atoms in total. The van der Waals surface area contributed by atoms with Gasteiger partial charge in [0.1, 0.15) is 5.69 Å². The van der Waals surface area contributed by atoms with Crippen LogP contribution in [-0.4, -0.2) is 81.8 Å². The number of nitrogens with zero attached hydrogens (tertiary/aromatic N) is 4. The van der Waals surface area contributed by atoms with Crippen LogP contribution in [-0.2, 0) is 6.18 Å². The van der Waals surface area contributed by atoms with Crippen LogP contribution >= 0.6 is 11.3 Å².